The van der Waals surface area contributed by atoms with Crippen molar-refractivity contribution >= 4 is 16.9 Å². The number of fused-ring (bicyclic) bond motifs is 1. The number of aromatic nitrogens is 3. The molecular weight excluding hydrogens is 336 g/mol. The Balaban J connectivity index is 1.59. The van der Waals surface area contributed by atoms with Crippen molar-refractivity contribution in [2.24, 2.45) is 0 Å². The van der Waals surface area contributed by atoms with Crippen molar-refractivity contribution in [1.82, 2.24) is 20.3 Å². The van der Waals surface area contributed by atoms with Gasteiger partial charge in [-0.3, -0.25) is 9.78 Å². The number of H-pyrrole nitrogens is 1. The van der Waals surface area contributed by atoms with Gasteiger partial charge < -0.3 is 10.3 Å². The zero-order chi connectivity index (χ0) is 18.6. The predicted molar refractivity (Wildman–Crippen MR) is 105 cm³/mol. The molecule has 5 heteroatoms. The van der Waals surface area contributed by atoms with Gasteiger partial charge in [0.15, 0.2) is 0 Å². The van der Waals surface area contributed by atoms with Gasteiger partial charge in [-0.05, 0) is 47.9 Å². The number of nitrogens with one attached hydrogen (secondary N) is 2. The third-order valence-corrected chi connectivity index (χ3v) is 4.61. The minimum absolute atomic E-state index is 0.0841. The molecule has 0 spiro atoms. The highest BCUT2D eigenvalue weighted by Gasteiger charge is 2.19. The first-order chi connectivity index (χ1) is 13.2. The van der Waals surface area contributed by atoms with Crippen LogP contribution < -0.4 is 5.32 Å². The average molecular weight is 356 g/mol. The van der Waals surface area contributed by atoms with E-state index in [1.54, 1.807) is 12.4 Å². The molecule has 0 radical (unpaired) electrons. The number of carbonyl (C=O) groups is 1. The Kier molecular flexibility index (Phi) is 4.66. The average Bonchev–Trinajstić information content (AvgIpc) is 3.09. The highest BCUT2D eigenvalue weighted by molar-refractivity contribution is 5.81. The second-order valence-corrected chi connectivity index (χ2v) is 6.52. The van der Waals surface area contributed by atoms with Crippen molar-refractivity contribution in [3.8, 4) is 0 Å². The number of amides is 1. The summed E-state index contributed by atoms with van der Waals surface area (Å²) < 4.78 is 0. The third-order valence-electron chi connectivity index (χ3n) is 4.61. The molecule has 1 unspecified atom stereocenters. The molecule has 0 aliphatic carbocycles. The molecule has 0 aliphatic heterocycles. The van der Waals surface area contributed by atoms with Gasteiger partial charge in [0.2, 0.25) is 5.91 Å². The number of rotatable bonds is 5. The van der Waals surface area contributed by atoms with Crippen LogP contribution in [0.1, 0.15) is 28.6 Å². The molecule has 0 saturated carbocycles. The van der Waals surface area contributed by atoms with Crippen LogP contribution in [0.25, 0.3) is 11.0 Å². The van der Waals surface area contributed by atoms with Crippen LogP contribution in [0.15, 0.2) is 73.1 Å². The predicted octanol–water partition coefficient (Wildman–Crippen LogP) is 3.71. The highest BCUT2D eigenvalue weighted by Crippen LogP contribution is 2.24. The van der Waals surface area contributed by atoms with Crippen LogP contribution >= 0.6 is 0 Å². The van der Waals surface area contributed by atoms with Crippen molar-refractivity contribution in [3.63, 3.8) is 0 Å². The van der Waals surface area contributed by atoms with Crippen LogP contribution in [0.2, 0.25) is 0 Å². The van der Waals surface area contributed by atoms with Crippen LogP contribution in [0.4, 0.5) is 0 Å². The molecule has 2 aromatic heterocycles. The normalized spacial score (nSPS) is 12.0. The van der Waals surface area contributed by atoms with E-state index in [1.165, 1.54) is 0 Å². The number of pyridine rings is 1. The number of hydrogen-bond donors (Lipinski definition) is 2. The maximum atomic E-state index is 12.8. The molecule has 134 valence electrons. The minimum atomic E-state index is -0.230. The van der Waals surface area contributed by atoms with Crippen LogP contribution in [0.3, 0.4) is 0 Å². The second kappa shape index (κ2) is 7.41. The molecular formula is C22H20N4O. The number of imidazole rings is 1. The van der Waals surface area contributed by atoms with E-state index < -0.39 is 0 Å². The Morgan fingerprint density at radius 2 is 1.78 bits per heavy atom. The van der Waals surface area contributed by atoms with Gasteiger partial charge in [-0.1, -0.05) is 36.4 Å². The Morgan fingerprint density at radius 1 is 1.04 bits per heavy atom. The summed E-state index contributed by atoms with van der Waals surface area (Å²) in [6.07, 6.45) is 3.68. The molecule has 0 bridgehead atoms. The molecule has 1 atom stereocenters. The minimum Gasteiger partial charge on any atom is -0.345 e. The summed E-state index contributed by atoms with van der Waals surface area (Å²) in [7, 11) is 0. The van der Waals surface area contributed by atoms with Gasteiger partial charge in [0, 0.05) is 12.4 Å². The molecule has 2 heterocycles. The number of aromatic amines is 1. The molecule has 0 fully saturated rings. The van der Waals surface area contributed by atoms with E-state index in [2.05, 4.69) is 33.3 Å². The smallest absolute Gasteiger partial charge is 0.228 e. The largest absolute Gasteiger partial charge is 0.345 e. The lowest BCUT2D eigenvalue weighted by molar-refractivity contribution is -0.121. The van der Waals surface area contributed by atoms with Gasteiger partial charge in [-0.25, -0.2) is 4.98 Å². The summed E-state index contributed by atoms with van der Waals surface area (Å²) in [6, 6.07) is 19.5. The molecule has 1 amide bonds. The fourth-order valence-corrected chi connectivity index (χ4v) is 3.26. The number of para-hydroxylation sites is 2. The Labute approximate surface area is 157 Å². The number of benzene rings is 2. The SMILES string of the molecule is Cc1ccccc1C(NC(=O)Cc1nc2ccccc2[nH]1)c1ccncc1. The number of nitrogens with zero attached hydrogens (tertiary/aromatic N) is 2. The summed E-state index contributed by atoms with van der Waals surface area (Å²) in [5, 5.41) is 3.16. The summed E-state index contributed by atoms with van der Waals surface area (Å²) in [6.45, 7) is 2.05. The summed E-state index contributed by atoms with van der Waals surface area (Å²) in [4.78, 5) is 24.6. The van der Waals surface area contributed by atoms with E-state index >= 15 is 0 Å². The quantitative estimate of drug-likeness (QED) is 0.573. The fraction of sp³-hybridized carbons (Fsp3) is 0.136. The molecule has 4 rings (SSSR count). The van der Waals surface area contributed by atoms with Gasteiger partial charge in [0.05, 0.1) is 23.5 Å². The summed E-state index contributed by atoms with van der Waals surface area (Å²) in [5.74, 6) is 0.575. The van der Waals surface area contributed by atoms with E-state index in [0.717, 1.165) is 27.7 Å². The van der Waals surface area contributed by atoms with E-state index in [4.69, 9.17) is 0 Å². The maximum Gasteiger partial charge on any atom is 0.228 e. The van der Waals surface area contributed by atoms with E-state index in [-0.39, 0.29) is 18.4 Å². The molecule has 4 aromatic rings. The van der Waals surface area contributed by atoms with Crippen LogP contribution in [0.5, 0.6) is 0 Å². The zero-order valence-electron chi connectivity index (χ0n) is 15.0. The van der Waals surface area contributed by atoms with Crippen molar-refractivity contribution in [2.45, 2.75) is 19.4 Å². The van der Waals surface area contributed by atoms with Crippen LogP contribution in [0, 0.1) is 6.92 Å². The first-order valence-electron chi connectivity index (χ1n) is 8.89. The molecule has 2 N–H and O–H groups in total. The van der Waals surface area contributed by atoms with Gasteiger partial charge >= 0.3 is 0 Å². The van der Waals surface area contributed by atoms with Crippen molar-refractivity contribution in [1.29, 1.82) is 0 Å². The van der Waals surface area contributed by atoms with E-state index in [1.807, 2.05) is 54.6 Å². The Bertz CT molecular complexity index is 1040. The Morgan fingerprint density at radius 3 is 2.56 bits per heavy atom. The second-order valence-electron chi connectivity index (χ2n) is 6.52. The van der Waals surface area contributed by atoms with Crippen LogP contribution in [-0.2, 0) is 11.2 Å². The number of aryl methyl sites for hydroxylation is 1. The topological polar surface area (TPSA) is 70.7 Å². The van der Waals surface area contributed by atoms with E-state index in [9.17, 15) is 4.79 Å². The lowest BCUT2D eigenvalue weighted by Crippen LogP contribution is -2.31. The summed E-state index contributed by atoms with van der Waals surface area (Å²) >= 11 is 0. The number of hydrogen-bond acceptors (Lipinski definition) is 3. The fourth-order valence-electron chi connectivity index (χ4n) is 3.26. The summed E-state index contributed by atoms with van der Waals surface area (Å²) in [5.41, 5.74) is 5.00. The van der Waals surface area contributed by atoms with Crippen molar-refractivity contribution < 1.29 is 4.79 Å². The molecule has 0 saturated heterocycles. The zero-order valence-corrected chi connectivity index (χ0v) is 15.0. The van der Waals surface area contributed by atoms with Crippen molar-refractivity contribution in [3.05, 3.63) is 95.6 Å². The van der Waals surface area contributed by atoms with E-state index in [0.29, 0.717) is 5.82 Å². The molecule has 5 nitrogen and oxygen atoms in total. The standard InChI is InChI=1S/C22H20N4O/c1-15-6-2-3-7-17(15)22(16-10-12-23-13-11-16)26-21(27)14-20-24-18-8-4-5-9-19(18)25-20/h2-13,22H,14H2,1H3,(H,24,25)(H,26,27). The first-order valence-corrected chi connectivity index (χ1v) is 8.89. The maximum absolute atomic E-state index is 12.8. The first kappa shape index (κ1) is 17.0. The molecule has 2 aromatic carbocycles. The lowest BCUT2D eigenvalue weighted by atomic mass is 9.95. The van der Waals surface area contributed by atoms with Crippen LogP contribution in [-0.4, -0.2) is 20.9 Å². The molecule has 27 heavy (non-hydrogen) atoms. The highest BCUT2D eigenvalue weighted by atomic mass is 16.1. The van der Waals surface area contributed by atoms with Gasteiger partial charge in [0.1, 0.15) is 5.82 Å². The monoisotopic (exact) mass is 356 g/mol. The van der Waals surface area contributed by atoms with Gasteiger partial charge in [-0.15, -0.1) is 0 Å². The lowest BCUT2D eigenvalue weighted by Gasteiger charge is -2.21. The molecule has 0 aliphatic rings. The number of carbonyl (C=O) groups excluding carboxylic acids is 1. The Hall–Kier alpha value is -3.47. The van der Waals surface area contributed by atoms with Crippen molar-refractivity contribution in [2.75, 3.05) is 0 Å². The van der Waals surface area contributed by atoms with Gasteiger partial charge in [0.25, 0.3) is 0 Å². The third kappa shape index (κ3) is 3.72. The van der Waals surface area contributed by atoms with Gasteiger partial charge in [-0.2, -0.15) is 0 Å².